The standard InChI is InChI=1S/C13H9BrO/c14-11-5-6-12(15)10-7-8-3-1-2-4-9(8)13(10)11/h1-6,15H,7H2. The molecule has 0 spiro atoms. The highest BCUT2D eigenvalue weighted by Gasteiger charge is 2.22. The Morgan fingerprint density at radius 1 is 1.07 bits per heavy atom. The van der Waals surface area contributed by atoms with Crippen molar-refractivity contribution in [3.05, 3.63) is 52.0 Å². The van der Waals surface area contributed by atoms with Crippen LogP contribution in [0.2, 0.25) is 0 Å². The van der Waals surface area contributed by atoms with Crippen LogP contribution in [0.15, 0.2) is 40.9 Å². The van der Waals surface area contributed by atoms with Crippen LogP contribution in [0.5, 0.6) is 5.75 Å². The lowest BCUT2D eigenvalue weighted by molar-refractivity contribution is 0.470. The normalized spacial score (nSPS) is 12.3. The Kier molecular flexibility index (Phi) is 1.86. The largest absolute Gasteiger partial charge is 0.508 e. The van der Waals surface area contributed by atoms with Gasteiger partial charge in [0.15, 0.2) is 0 Å². The molecule has 0 aromatic heterocycles. The molecule has 1 aliphatic rings. The Balaban J connectivity index is 2.37. The highest BCUT2D eigenvalue weighted by molar-refractivity contribution is 9.10. The van der Waals surface area contributed by atoms with Crippen molar-refractivity contribution in [3.8, 4) is 16.9 Å². The molecule has 0 atom stereocenters. The maximum absolute atomic E-state index is 9.81. The second kappa shape index (κ2) is 3.11. The van der Waals surface area contributed by atoms with Gasteiger partial charge in [0, 0.05) is 22.0 Å². The van der Waals surface area contributed by atoms with Crippen molar-refractivity contribution in [1.82, 2.24) is 0 Å². The molecule has 1 nitrogen and oxygen atoms in total. The van der Waals surface area contributed by atoms with E-state index in [-0.39, 0.29) is 0 Å². The Bertz CT molecular complexity index is 546. The monoisotopic (exact) mass is 260 g/mol. The van der Waals surface area contributed by atoms with Crippen LogP contribution < -0.4 is 0 Å². The molecule has 3 rings (SSSR count). The van der Waals surface area contributed by atoms with Crippen LogP contribution >= 0.6 is 15.9 Å². The van der Waals surface area contributed by atoms with Gasteiger partial charge in [-0.15, -0.1) is 0 Å². The summed E-state index contributed by atoms with van der Waals surface area (Å²) in [5.41, 5.74) is 4.70. The van der Waals surface area contributed by atoms with Crippen molar-refractivity contribution in [2.75, 3.05) is 0 Å². The molecule has 0 radical (unpaired) electrons. The fourth-order valence-corrected chi connectivity index (χ4v) is 2.77. The number of hydrogen-bond donors (Lipinski definition) is 1. The van der Waals surface area contributed by atoms with Crippen molar-refractivity contribution >= 4 is 15.9 Å². The summed E-state index contributed by atoms with van der Waals surface area (Å²) in [6.07, 6.45) is 0.830. The second-order valence-corrected chi connectivity index (χ2v) is 4.61. The van der Waals surface area contributed by atoms with E-state index in [4.69, 9.17) is 0 Å². The first-order valence-corrected chi connectivity index (χ1v) is 5.65. The van der Waals surface area contributed by atoms with Gasteiger partial charge in [-0.2, -0.15) is 0 Å². The molecule has 15 heavy (non-hydrogen) atoms. The van der Waals surface area contributed by atoms with E-state index in [1.807, 2.05) is 18.2 Å². The van der Waals surface area contributed by atoms with E-state index in [0.717, 1.165) is 22.0 Å². The average molecular weight is 261 g/mol. The number of phenolic OH excluding ortho intramolecular Hbond substituents is 1. The number of aromatic hydroxyl groups is 1. The lowest BCUT2D eigenvalue weighted by Crippen LogP contribution is -1.82. The van der Waals surface area contributed by atoms with Crippen LogP contribution in [-0.4, -0.2) is 5.11 Å². The molecule has 74 valence electrons. The Morgan fingerprint density at radius 3 is 2.73 bits per heavy atom. The topological polar surface area (TPSA) is 20.2 Å². The predicted molar refractivity (Wildman–Crippen MR) is 64.0 cm³/mol. The first kappa shape index (κ1) is 8.98. The number of rotatable bonds is 0. The predicted octanol–water partition coefficient (Wildman–Crippen LogP) is 3.73. The lowest BCUT2D eigenvalue weighted by Gasteiger charge is -2.05. The summed E-state index contributed by atoms with van der Waals surface area (Å²) >= 11 is 3.54. The van der Waals surface area contributed by atoms with Gasteiger partial charge in [0.2, 0.25) is 0 Å². The van der Waals surface area contributed by atoms with Crippen molar-refractivity contribution in [2.45, 2.75) is 6.42 Å². The van der Waals surface area contributed by atoms with Gasteiger partial charge in [-0.25, -0.2) is 0 Å². The van der Waals surface area contributed by atoms with Crippen LogP contribution in [0.3, 0.4) is 0 Å². The van der Waals surface area contributed by atoms with Crippen LogP contribution in [0.25, 0.3) is 11.1 Å². The number of benzene rings is 2. The molecule has 0 unspecified atom stereocenters. The van der Waals surface area contributed by atoms with E-state index in [2.05, 4.69) is 28.1 Å². The van der Waals surface area contributed by atoms with E-state index >= 15 is 0 Å². The van der Waals surface area contributed by atoms with E-state index < -0.39 is 0 Å². The number of hydrogen-bond acceptors (Lipinski definition) is 1. The Morgan fingerprint density at radius 2 is 1.87 bits per heavy atom. The molecule has 0 bridgehead atoms. The summed E-state index contributed by atoms with van der Waals surface area (Å²) in [6.45, 7) is 0. The molecule has 1 aliphatic carbocycles. The zero-order valence-electron chi connectivity index (χ0n) is 8.00. The second-order valence-electron chi connectivity index (χ2n) is 3.75. The van der Waals surface area contributed by atoms with E-state index in [9.17, 15) is 5.11 Å². The molecule has 0 saturated carbocycles. The van der Waals surface area contributed by atoms with Crippen molar-refractivity contribution in [2.24, 2.45) is 0 Å². The van der Waals surface area contributed by atoms with Gasteiger partial charge in [-0.1, -0.05) is 40.2 Å². The third kappa shape index (κ3) is 1.21. The summed E-state index contributed by atoms with van der Waals surface area (Å²) in [5, 5.41) is 9.81. The minimum atomic E-state index is 0.393. The van der Waals surface area contributed by atoms with Gasteiger partial charge in [-0.05, 0) is 23.3 Å². The van der Waals surface area contributed by atoms with Crippen LogP contribution in [0, 0.1) is 0 Å². The molecular weight excluding hydrogens is 252 g/mol. The lowest BCUT2D eigenvalue weighted by atomic mass is 10.1. The Labute approximate surface area is 96.5 Å². The molecule has 2 aromatic carbocycles. The third-order valence-electron chi connectivity index (χ3n) is 2.89. The number of phenols is 1. The van der Waals surface area contributed by atoms with E-state index in [1.54, 1.807) is 6.07 Å². The molecule has 0 aliphatic heterocycles. The van der Waals surface area contributed by atoms with Crippen molar-refractivity contribution in [3.63, 3.8) is 0 Å². The Hall–Kier alpha value is -1.28. The van der Waals surface area contributed by atoms with Gasteiger partial charge in [-0.3, -0.25) is 0 Å². The SMILES string of the molecule is Oc1ccc(Br)c2c1Cc1ccccc1-2. The van der Waals surface area contributed by atoms with Gasteiger partial charge in [0.05, 0.1) is 0 Å². The molecule has 2 aromatic rings. The quantitative estimate of drug-likeness (QED) is 0.653. The minimum Gasteiger partial charge on any atom is -0.508 e. The molecule has 2 heteroatoms. The summed E-state index contributed by atoms with van der Waals surface area (Å²) in [6, 6.07) is 11.9. The summed E-state index contributed by atoms with van der Waals surface area (Å²) < 4.78 is 1.06. The van der Waals surface area contributed by atoms with Gasteiger partial charge in [0.1, 0.15) is 5.75 Å². The van der Waals surface area contributed by atoms with Crippen LogP contribution in [0.1, 0.15) is 11.1 Å². The van der Waals surface area contributed by atoms with Crippen LogP contribution in [-0.2, 0) is 6.42 Å². The van der Waals surface area contributed by atoms with Gasteiger partial charge in [0.25, 0.3) is 0 Å². The minimum absolute atomic E-state index is 0.393. The van der Waals surface area contributed by atoms with Crippen LogP contribution in [0.4, 0.5) is 0 Å². The van der Waals surface area contributed by atoms with E-state index in [0.29, 0.717) is 5.75 Å². The smallest absolute Gasteiger partial charge is 0.119 e. The maximum Gasteiger partial charge on any atom is 0.119 e. The van der Waals surface area contributed by atoms with E-state index in [1.165, 1.54) is 11.1 Å². The summed E-state index contributed by atoms with van der Waals surface area (Å²) in [4.78, 5) is 0. The summed E-state index contributed by atoms with van der Waals surface area (Å²) in [7, 11) is 0. The molecule has 0 saturated heterocycles. The molecular formula is C13H9BrO. The number of halogens is 1. The number of fused-ring (bicyclic) bond motifs is 3. The zero-order chi connectivity index (χ0) is 10.4. The molecule has 0 heterocycles. The molecule has 0 fully saturated rings. The zero-order valence-corrected chi connectivity index (χ0v) is 9.58. The first-order valence-electron chi connectivity index (χ1n) is 4.86. The third-order valence-corrected chi connectivity index (χ3v) is 3.55. The van der Waals surface area contributed by atoms with Crippen molar-refractivity contribution in [1.29, 1.82) is 0 Å². The summed E-state index contributed by atoms with van der Waals surface area (Å²) in [5.74, 6) is 0.393. The van der Waals surface area contributed by atoms with Gasteiger partial charge >= 0.3 is 0 Å². The van der Waals surface area contributed by atoms with Crippen molar-refractivity contribution < 1.29 is 5.11 Å². The molecule has 1 N–H and O–H groups in total. The molecule has 0 amide bonds. The average Bonchev–Trinajstić information content (AvgIpc) is 2.64. The maximum atomic E-state index is 9.81. The fraction of sp³-hybridized carbons (Fsp3) is 0.0769. The highest BCUT2D eigenvalue weighted by Crippen LogP contribution is 2.44. The fourth-order valence-electron chi connectivity index (χ4n) is 2.19. The van der Waals surface area contributed by atoms with Gasteiger partial charge < -0.3 is 5.11 Å². The highest BCUT2D eigenvalue weighted by atomic mass is 79.9. The first-order chi connectivity index (χ1) is 7.27.